The van der Waals surface area contributed by atoms with E-state index >= 15 is 0 Å². The molecule has 0 spiro atoms. The van der Waals surface area contributed by atoms with Gasteiger partial charge in [0.2, 0.25) is 0 Å². The van der Waals surface area contributed by atoms with Crippen LogP contribution in [0, 0.1) is 0 Å². The molecule has 0 bridgehead atoms. The summed E-state index contributed by atoms with van der Waals surface area (Å²) in [6.07, 6.45) is 3.41. The molecular formula is C17H14N2Na2O6S4. The zero-order valence-corrected chi connectivity index (χ0v) is 24.0. The number of benzene rings is 1. The van der Waals surface area contributed by atoms with Crippen LogP contribution < -0.4 is 69.1 Å². The molecule has 0 unspecified atom stereocenters. The number of hydrogen-bond acceptors (Lipinski definition) is 10. The Bertz CT molecular complexity index is 1040. The summed E-state index contributed by atoms with van der Waals surface area (Å²) in [6, 6.07) is 7.52. The van der Waals surface area contributed by atoms with Crippen LogP contribution in [-0.4, -0.2) is 52.9 Å². The molecule has 3 rings (SSSR count). The molecule has 1 saturated heterocycles. The number of allylic oxidation sites excluding steroid dienone is 2. The molecule has 1 aromatic rings. The molecule has 2 heterocycles. The Labute approximate surface area is 238 Å². The third kappa shape index (κ3) is 7.85. The third-order valence-corrected chi connectivity index (χ3v) is 7.27. The number of hydrogen-bond donors (Lipinski definition) is 0. The van der Waals surface area contributed by atoms with Crippen molar-refractivity contribution in [2.24, 2.45) is 0 Å². The van der Waals surface area contributed by atoms with E-state index in [9.17, 15) is 27.7 Å². The molecule has 1 aromatic carbocycles. The van der Waals surface area contributed by atoms with Crippen molar-refractivity contribution in [3.05, 3.63) is 46.4 Å². The molecule has 14 heteroatoms. The first-order chi connectivity index (χ1) is 13.7. The number of carbonyl (C=O) groups is 2. The van der Waals surface area contributed by atoms with Crippen LogP contribution in [0.2, 0.25) is 0 Å². The van der Waals surface area contributed by atoms with E-state index in [0.29, 0.717) is 6.54 Å². The number of thiocarbonyl (C=S) groups is 1. The first-order valence-corrected chi connectivity index (χ1v) is 11.9. The van der Waals surface area contributed by atoms with E-state index in [4.69, 9.17) is 12.2 Å². The first kappa shape index (κ1) is 29.2. The van der Waals surface area contributed by atoms with Gasteiger partial charge in [-0.1, -0.05) is 47.9 Å². The van der Waals surface area contributed by atoms with Gasteiger partial charge in [-0.05, 0) is 30.7 Å². The van der Waals surface area contributed by atoms with Crippen LogP contribution in [0.4, 0.5) is 5.69 Å². The second kappa shape index (κ2) is 12.6. The summed E-state index contributed by atoms with van der Waals surface area (Å²) in [6.45, 7) is -0.286. The van der Waals surface area contributed by atoms with Crippen molar-refractivity contribution >= 4 is 67.7 Å². The molecular weight excluding hydrogens is 502 g/mol. The summed E-state index contributed by atoms with van der Waals surface area (Å²) in [5, 5.41) is 11.5. The molecule has 1 amide bonds. The van der Waals surface area contributed by atoms with Gasteiger partial charge >= 0.3 is 59.1 Å². The predicted molar refractivity (Wildman–Crippen MR) is 112 cm³/mol. The number of thioether (sulfide) groups is 2. The van der Waals surface area contributed by atoms with Gasteiger partial charge in [-0.15, -0.1) is 0 Å². The van der Waals surface area contributed by atoms with Gasteiger partial charge in [-0.25, -0.2) is 8.42 Å². The van der Waals surface area contributed by atoms with Crippen LogP contribution >= 0.6 is 35.7 Å². The van der Waals surface area contributed by atoms with Crippen LogP contribution in [0.5, 0.6) is 0 Å². The van der Waals surface area contributed by atoms with Gasteiger partial charge in [-0.2, -0.15) is 0 Å². The molecule has 2 aliphatic heterocycles. The first-order valence-electron chi connectivity index (χ1n) is 8.29. The molecule has 0 saturated carbocycles. The van der Waals surface area contributed by atoms with Gasteiger partial charge in [0.25, 0.3) is 5.91 Å². The molecule has 0 radical (unpaired) electrons. The predicted octanol–water partition coefficient (Wildman–Crippen LogP) is -5.12. The fraction of sp³-hybridized carbons (Fsp3) is 0.235. The monoisotopic (exact) mass is 516 g/mol. The number of para-hydroxylation sites is 1. The fourth-order valence-electron chi connectivity index (χ4n) is 2.73. The van der Waals surface area contributed by atoms with Crippen molar-refractivity contribution in [2.75, 3.05) is 23.7 Å². The number of carboxylic acids is 1. The van der Waals surface area contributed by atoms with Crippen molar-refractivity contribution in [1.29, 1.82) is 0 Å². The summed E-state index contributed by atoms with van der Waals surface area (Å²) in [4.78, 5) is 27.2. The SMILES string of the molecule is O=C([O-])CN1C(=O)C(=CC=C2Sc3ccccc3N2CCCS(=O)(=O)[O-])SC1=S.[Na+].[Na+]. The van der Waals surface area contributed by atoms with E-state index in [1.807, 2.05) is 29.2 Å². The summed E-state index contributed by atoms with van der Waals surface area (Å²) in [5.74, 6) is -2.38. The maximum atomic E-state index is 12.3. The Morgan fingerprint density at radius 3 is 2.45 bits per heavy atom. The number of carbonyl (C=O) groups excluding carboxylic acids is 2. The smallest absolute Gasteiger partial charge is 0.748 e. The molecule has 154 valence electrons. The van der Waals surface area contributed by atoms with Crippen molar-refractivity contribution in [3.8, 4) is 0 Å². The standard InChI is InChI=1S/C17H16N2O6S4.2Na/c20-15(21)10-19-16(22)13(28-17(19)26)6-7-14-18(8-3-9-29(23,24)25)11-4-1-2-5-12(11)27-14;;/h1-2,4-7H,3,8-10H2,(H,20,21)(H,23,24,25);;/q;2*+1/p-2. The molecule has 2 aliphatic rings. The van der Waals surface area contributed by atoms with E-state index in [-0.39, 0.29) is 74.8 Å². The topological polar surface area (TPSA) is 121 Å². The average Bonchev–Trinajstić information content (AvgIpc) is 3.11. The van der Waals surface area contributed by atoms with Crippen molar-refractivity contribution < 1.29 is 86.8 Å². The average molecular weight is 517 g/mol. The summed E-state index contributed by atoms with van der Waals surface area (Å²) >= 11 is 7.49. The van der Waals surface area contributed by atoms with Crippen LogP contribution in [0.15, 0.2) is 51.2 Å². The van der Waals surface area contributed by atoms with Gasteiger partial charge in [0.05, 0.1) is 38.3 Å². The van der Waals surface area contributed by atoms with Gasteiger partial charge in [-0.3, -0.25) is 9.69 Å². The summed E-state index contributed by atoms with van der Waals surface area (Å²) in [7, 11) is -4.30. The minimum atomic E-state index is -4.30. The van der Waals surface area contributed by atoms with Crippen molar-refractivity contribution in [2.45, 2.75) is 11.3 Å². The molecule has 8 nitrogen and oxygen atoms in total. The number of aliphatic carboxylic acids is 1. The quantitative estimate of drug-likeness (QED) is 0.151. The van der Waals surface area contributed by atoms with Gasteiger partial charge < -0.3 is 19.4 Å². The van der Waals surface area contributed by atoms with E-state index in [0.717, 1.165) is 32.3 Å². The van der Waals surface area contributed by atoms with Gasteiger partial charge in [0.15, 0.2) is 0 Å². The Morgan fingerprint density at radius 1 is 1.13 bits per heavy atom. The number of rotatable bonds is 7. The second-order valence-corrected chi connectivity index (χ2v) is 10.3. The number of anilines is 1. The van der Waals surface area contributed by atoms with Crippen LogP contribution in [0.3, 0.4) is 0 Å². The van der Waals surface area contributed by atoms with Crippen LogP contribution in [0.25, 0.3) is 0 Å². The van der Waals surface area contributed by atoms with Crippen molar-refractivity contribution in [3.63, 3.8) is 0 Å². The van der Waals surface area contributed by atoms with Crippen LogP contribution in [0.1, 0.15) is 6.42 Å². The molecule has 0 aromatic heterocycles. The number of amides is 1. The number of fused-ring (bicyclic) bond motifs is 1. The molecule has 0 N–H and O–H groups in total. The largest absolute Gasteiger partial charge is 1.00 e. The van der Waals surface area contributed by atoms with Crippen molar-refractivity contribution in [1.82, 2.24) is 4.90 Å². The molecule has 0 aliphatic carbocycles. The van der Waals surface area contributed by atoms with Crippen LogP contribution in [-0.2, 0) is 19.7 Å². The Balaban J connectivity index is 0.00000240. The van der Waals surface area contributed by atoms with E-state index in [1.165, 1.54) is 11.8 Å². The molecule has 1 fully saturated rings. The number of nitrogens with zero attached hydrogens (tertiary/aromatic N) is 2. The second-order valence-electron chi connectivity index (χ2n) is 6.00. The van der Waals surface area contributed by atoms with E-state index < -0.39 is 34.3 Å². The Hall–Kier alpha value is 0.140. The summed E-state index contributed by atoms with van der Waals surface area (Å²) in [5.41, 5.74) is 0.880. The van der Waals surface area contributed by atoms with Gasteiger partial charge in [0, 0.05) is 17.2 Å². The van der Waals surface area contributed by atoms with Gasteiger partial charge in [0.1, 0.15) is 4.32 Å². The minimum absolute atomic E-state index is 0. The summed E-state index contributed by atoms with van der Waals surface area (Å²) < 4.78 is 32.8. The fourth-order valence-corrected chi connectivity index (χ4v) is 5.50. The zero-order chi connectivity index (χ0) is 21.2. The third-order valence-electron chi connectivity index (χ3n) is 3.95. The number of carboxylic acid groups (broad SMARTS) is 1. The van der Waals surface area contributed by atoms with E-state index in [2.05, 4.69) is 0 Å². The maximum absolute atomic E-state index is 12.3. The maximum Gasteiger partial charge on any atom is 1.00 e. The minimum Gasteiger partial charge on any atom is -0.748 e. The molecule has 31 heavy (non-hydrogen) atoms. The molecule has 0 atom stereocenters. The Kier molecular flexibility index (Phi) is 11.8. The van der Waals surface area contributed by atoms with E-state index in [1.54, 1.807) is 12.2 Å². The zero-order valence-electron chi connectivity index (χ0n) is 16.8. The normalized spacial score (nSPS) is 18.2. The Morgan fingerprint density at radius 2 is 1.81 bits per heavy atom.